The zero-order chi connectivity index (χ0) is 22.3. The van der Waals surface area contributed by atoms with E-state index >= 15 is 0 Å². The standard InChI is InChI=1S/C23H28N6O3/c1-2-4-19(23(30)31)20(22-25-27-28-26-22)14-16-5-3-6-17(13-16)18-7-8-21(24-15-18)29-9-11-32-12-10-29/h3,5-8,13,15,19-20H,2,4,9-12,14H2,1H3,(H,30,31)(H,25,26,27,28)/t19-,20-/m0/s1. The molecule has 1 aliphatic heterocycles. The molecule has 1 fully saturated rings. The molecule has 2 N–H and O–H groups in total. The van der Waals surface area contributed by atoms with Crippen molar-refractivity contribution < 1.29 is 14.6 Å². The molecule has 1 aliphatic rings. The average molecular weight is 437 g/mol. The van der Waals surface area contributed by atoms with Gasteiger partial charge in [0, 0.05) is 30.8 Å². The van der Waals surface area contributed by atoms with Crippen molar-refractivity contribution in [2.24, 2.45) is 5.92 Å². The number of nitrogens with zero attached hydrogens (tertiary/aromatic N) is 5. The number of rotatable bonds is 9. The van der Waals surface area contributed by atoms with Crippen LogP contribution in [0.25, 0.3) is 11.1 Å². The number of aromatic amines is 1. The van der Waals surface area contributed by atoms with E-state index in [9.17, 15) is 9.90 Å². The topological polar surface area (TPSA) is 117 Å². The summed E-state index contributed by atoms with van der Waals surface area (Å²) in [5.41, 5.74) is 3.08. The van der Waals surface area contributed by atoms with E-state index in [1.165, 1.54) is 0 Å². The molecule has 0 spiro atoms. The van der Waals surface area contributed by atoms with Gasteiger partial charge >= 0.3 is 5.97 Å². The van der Waals surface area contributed by atoms with Crippen molar-refractivity contribution in [2.45, 2.75) is 32.1 Å². The van der Waals surface area contributed by atoms with E-state index < -0.39 is 11.9 Å². The molecular formula is C23H28N6O3. The van der Waals surface area contributed by atoms with E-state index in [1.807, 2.05) is 37.4 Å². The smallest absolute Gasteiger partial charge is 0.307 e. The Morgan fingerprint density at radius 3 is 2.72 bits per heavy atom. The molecule has 0 unspecified atom stereocenters. The first-order chi connectivity index (χ1) is 15.7. The molecule has 168 valence electrons. The predicted molar refractivity (Wildman–Crippen MR) is 119 cm³/mol. The van der Waals surface area contributed by atoms with E-state index in [0.717, 1.165) is 55.2 Å². The lowest BCUT2D eigenvalue weighted by Crippen LogP contribution is -2.36. The van der Waals surface area contributed by atoms with Crippen molar-refractivity contribution in [3.63, 3.8) is 0 Å². The Morgan fingerprint density at radius 1 is 1.22 bits per heavy atom. The first kappa shape index (κ1) is 21.9. The number of carbonyl (C=O) groups is 1. The summed E-state index contributed by atoms with van der Waals surface area (Å²) in [6.07, 6.45) is 3.73. The third kappa shape index (κ3) is 5.11. The highest BCUT2D eigenvalue weighted by Crippen LogP contribution is 2.31. The Morgan fingerprint density at radius 2 is 2.06 bits per heavy atom. The maximum absolute atomic E-state index is 12.0. The van der Waals surface area contributed by atoms with Gasteiger partial charge in [0.15, 0.2) is 5.82 Å². The summed E-state index contributed by atoms with van der Waals surface area (Å²) >= 11 is 0. The minimum atomic E-state index is -0.833. The fourth-order valence-electron chi connectivity index (χ4n) is 4.22. The van der Waals surface area contributed by atoms with Crippen molar-refractivity contribution >= 4 is 11.8 Å². The molecule has 3 heterocycles. The maximum Gasteiger partial charge on any atom is 0.307 e. The van der Waals surface area contributed by atoms with Gasteiger partial charge in [-0.25, -0.2) is 4.98 Å². The minimum absolute atomic E-state index is 0.358. The van der Waals surface area contributed by atoms with Crippen LogP contribution < -0.4 is 4.90 Å². The van der Waals surface area contributed by atoms with Crippen molar-refractivity contribution in [3.05, 3.63) is 54.0 Å². The summed E-state index contributed by atoms with van der Waals surface area (Å²) in [5.74, 6) is -0.373. The van der Waals surface area contributed by atoms with E-state index in [4.69, 9.17) is 4.74 Å². The Kier molecular flexibility index (Phi) is 7.06. The highest BCUT2D eigenvalue weighted by atomic mass is 16.5. The number of carboxylic acids is 1. The van der Waals surface area contributed by atoms with Crippen LogP contribution in [-0.2, 0) is 16.0 Å². The molecular weight excluding hydrogens is 408 g/mol. The van der Waals surface area contributed by atoms with Gasteiger partial charge in [0.2, 0.25) is 0 Å². The van der Waals surface area contributed by atoms with Crippen LogP contribution in [0, 0.1) is 5.92 Å². The van der Waals surface area contributed by atoms with Gasteiger partial charge in [0.05, 0.1) is 19.1 Å². The largest absolute Gasteiger partial charge is 0.481 e. The normalized spacial score (nSPS) is 16.0. The summed E-state index contributed by atoms with van der Waals surface area (Å²) in [6, 6.07) is 12.2. The molecule has 1 saturated heterocycles. The number of morpholine rings is 1. The molecule has 3 aromatic rings. The minimum Gasteiger partial charge on any atom is -0.481 e. The van der Waals surface area contributed by atoms with Crippen LogP contribution in [-0.4, -0.2) is 63.0 Å². The first-order valence-corrected chi connectivity index (χ1v) is 11.0. The molecule has 9 heteroatoms. The van der Waals surface area contributed by atoms with Crippen LogP contribution in [0.3, 0.4) is 0 Å². The van der Waals surface area contributed by atoms with Gasteiger partial charge in [0.25, 0.3) is 0 Å². The first-order valence-electron chi connectivity index (χ1n) is 11.0. The molecule has 2 atom stereocenters. The Balaban J connectivity index is 1.55. The van der Waals surface area contributed by atoms with E-state index in [-0.39, 0.29) is 5.92 Å². The third-order valence-corrected chi connectivity index (χ3v) is 5.89. The number of aliphatic carboxylic acids is 1. The van der Waals surface area contributed by atoms with Gasteiger partial charge in [-0.3, -0.25) is 4.79 Å². The molecule has 0 radical (unpaired) electrons. The lowest BCUT2D eigenvalue weighted by atomic mass is 9.83. The van der Waals surface area contributed by atoms with Crippen molar-refractivity contribution in [3.8, 4) is 11.1 Å². The predicted octanol–water partition coefficient (Wildman–Crippen LogP) is 2.93. The van der Waals surface area contributed by atoms with Gasteiger partial charge in [0.1, 0.15) is 5.82 Å². The van der Waals surface area contributed by atoms with Crippen LogP contribution in [0.1, 0.15) is 37.1 Å². The molecule has 9 nitrogen and oxygen atoms in total. The zero-order valence-corrected chi connectivity index (χ0v) is 18.1. The molecule has 0 bridgehead atoms. The van der Waals surface area contributed by atoms with Crippen LogP contribution >= 0.6 is 0 Å². The van der Waals surface area contributed by atoms with Gasteiger partial charge in [-0.2, -0.15) is 5.21 Å². The average Bonchev–Trinajstić information content (AvgIpc) is 3.37. The van der Waals surface area contributed by atoms with Crippen molar-refractivity contribution in [1.82, 2.24) is 25.6 Å². The molecule has 0 saturated carbocycles. The number of ether oxygens (including phenoxy) is 1. The molecule has 4 rings (SSSR count). The second-order valence-electron chi connectivity index (χ2n) is 8.02. The van der Waals surface area contributed by atoms with Crippen LogP contribution in [0.4, 0.5) is 5.82 Å². The lowest BCUT2D eigenvalue weighted by molar-refractivity contribution is -0.142. The van der Waals surface area contributed by atoms with E-state index in [1.54, 1.807) is 0 Å². The molecule has 0 aliphatic carbocycles. The van der Waals surface area contributed by atoms with E-state index in [0.29, 0.717) is 18.7 Å². The third-order valence-electron chi connectivity index (χ3n) is 5.89. The Labute approximate surface area is 186 Å². The van der Waals surface area contributed by atoms with Crippen LogP contribution in [0.15, 0.2) is 42.6 Å². The second kappa shape index (κ2) is 10.3. The molecule has 2 aromatic heterocycles. The Hall–Kier alpha value is -3.33. The fraction of sp³-hybridized carbons (Fsp3) is 0.435. The second-order valence-corrected chi connectivity index (χ2v) is 8.02. The highest BCUT2D eigenvalue weighted by Gasteiger charge is 2.32. The number of anilines is 1. The van der Waals surface area contributed by atoms with Gasteiger partial charge < -0.3 is 14.7 Å². The monoisotopic (exact) mass is 436 g/mol. The highest BCUT2D eigenvalue weighted by molar-refractivity contribution is 5.71. The van der Waals surface area contributed by atoms with Crippen LogP contribution in [0.2, 0.25) is 0 Å². The number of hydrogen-bond donors (Lipinski definition) is 2. The SMILES string of the molecule is CCC[C@H](C(=O)O)[C@H](Cc1cccc(-c2ccc(N3CCOCC3)nc2)c1)c1nn[nH]n1. The van der Waals surface area contributed by atoms with E-state index in [2.05, 4.69) is 42.6 Å². The van der Waals surface area contributed by atoms with Gasteiger partial charge in [-0.1, -0.05) is 42.8 Å². The quantitative estimate of drug-likeness (QED) is 0.526. The Bertz CT molecular complexity index is 1000. The summed E-state index contributed by atoms with van der Waals surface area (Å²) in [7, 11) is 0. The number of hydrogen-bond acceptors (Lipinski definition) is 7. The summed E-state index contributed by atoms with van der Waals surface area (Å²) in [6.45, 7) is 5.13. The van der Waals surface area contributed by atoms with Crippen molar-refractivity contribution in [2.75, 3.05) is 31.2 Å². The molecule has 32 heavy (non-hydrogen) atoms. The summed E-state index contributed by atoms with van der Waals surface area (Å²) in [5, 5.41) is 24.1. The molecule has 1 aromatic carbocycles. The number of pyridine rings is 1. The van der Waals surface area contributed by atoms with Gasteiger partial charge in [-0.05, 0) is 36.1 Å². The number of H-pyrrole nitrogens is 1. The summed E-state index contributed by atoms with van der Waals surface area (Å²) in [4.78, 5) is 18.8. The number of benzene rings is 1. The number of tetrazole rings is 1. The zero-order valence-electron chi connectivity index (χ0n) is 18.1. The van der Waals surface area contributed by atoms with Crippen LogP contribution in [0.5, 0.6) is 0 Å². The molecule has 0 amide bonds. The number of carboxylic acid groups (broad SMARTS) is 1. The maximum atomic E-state index is 12.0. The fourth-order valence-corrected chi connectivity index (χ4v) is 4.22. The number of aromatic nitrogens is 5. The lowest BCUT2D eigenvalue weighted by Gasteiger charge is -2.27. The van der Waals surface area contributed by atoms with Gasteiger partial charge in [-0.15, -0.1) is 10.2 Å². The summed E-state index contributed by atoms with van der Waals surface area (Å²) < 4.78 is 5.41. The number of nitrogens with one attached hydrogen (secondary N) is 1. The van der Waals surface area contributed by atoms with Crippen molar-refractivity contribution in [1.29, 1.82) is 0 Å².